The van der Waals surface area contributed by atoms with Gasteiger partial charge in [0.15, 0.2) is 12.4 Å². The highest BCUT2D eigenvalue weighted by atomic mass is 79.9. The van der Waals surface area contributed by atoms with Crippen LogP contribution >= 0.6 is 27.5 Å². The third kappa shape index (κ3) is 4.12. The van der Waals surface area contributed by atoms with E-state index in [1.165, 1.54) is 10.9 Å². The van der Waals surface area contributed by atoms with Crippen molar-refractivity contribution < 1.29 is 19.4 Å². The second-order valence-corrected chi connectivity index (χ2v) is 6.66. The van der Waals surface area contributed by atoms with Gasteiger partial charge in [-0.25, -0.2) is 9.48 Å². The first-order valence-corrected chi connectivity index (χ1v) is 8.60. The lowest BCUT2D eigenvalue weighted by molar-refractivity contribution is -0.139. The number of hydrogen-bond donors (Lipinski definition) is 1. The molecule has 0 radical (unpaired) electrons. The smallest absolute Gasteiger partial charge is 0.341 e. The monoisotopic (exact) mass is 434 g/mol. The Hall–Kier alpha value is -2.64. The molecule has 1 N–H and O–H groups in total. The van der Waals surface area contributed by atoms with E-state index in [1.54, 1.807) is 42.6 Å². The average Bonchev–Trinajstić information content (AvgIpc) is 3.10. The molecule has 0 atom stereocenters. The molecular formula is C18H12BrClN2O4. The number of nitrogens with zero attached hydrogens (tertiary/aromatic N) is 2. The van der Waals surface area contributed by atoms with Crippen LogP contribution in [0.15, 0.2) is 59.3 Å². The Bertz CT molecular complexity index is 987. The third-order valence-electron chi connectivity index (χ3n) is 3.45. The van der Waals surface area contributed by atoms with E-state index in [4.69, 9.17) is 21.4 Å². The van der Waals surface area contributed by atoms with Crippen molar-refractivity contribution >= 4 is 39.3 Å². The number of hydrogen-bond acceptors (Lipinski definition) is 4. The SMILES string of the molecule is O=C(O)COc1ccc(Br)cc1C(=O)c1cnn(-c2cccc(Cl)c2)c1. The fourth-order valence-electron chi connectivity index (χ4n) is 2.30. The Morgan fingerprint density at radius 1 is 1.23 bits per heavy atom. The number of aliphatic carboxylic acids is 1. The topological polar surface area (TPSA) is 81.4 Å². The van der Waals surface area contributed by atoms with Crippen LogP contribution in [0.4, 0.5) is 0 Å². The van der Waals surface area contributed by atoms with Gasteiger partial charge in [0.1, 0.15) is 5.75 Å². The van der Waals surface area contributed by atoms with Crippen molar-refractivity contribution in [2.75, 3.05) is 6.61 Å². The highest BCUT2D eigenvalue weighted by Crippen LogP contribution is 2.26. The van der Waals surface area contributed by atoms with Crippen LogP contribution in [0.25, 0.3) is 5.69 Å². The Labute approximate surface area is 162 Å². The first-order valence-electron chi connectivity index (χ1n) is 7.43. The molecule has 0 fully saturated rings. The van der Waals surface area contributed by atoms with Gasteiger partial charge in [-0.1, -0.05) is 33.6 Å². The van der Waals surface area contributed by atoms with E-state index < -0.39 is 12.6 Å². The lowest BCUT2D eigenvalue weighted by atomic mass is 10.1. The lowest BCUT2D eigenvalue weighted by Crippen LogP contribution is -2.12. The minimum atomic E-state index is -1.12. The van der Waals surface area contributed by atoms with E-state index in [0.717, 1.165) is 0 Å². The maximum Gasteiger partial charge on any atom is 0.341 e. The first kappa shape index (κ1) is 18.2. The van der Waals surface area contributed by atoms with Crippen LogP contribution < -0.4 is 4.74 Å². The summed E-state index contributed by atoms with van der Waals surface area (Å²) in [6.07, 6.45) is 3.01. The summed E-state index contributed by atoms with van der Waals surface area (Å²) < 4.78 is 7.43. The van der Waals surface area contributed by atoms with Crippen molar-refractivity contribution in [1.29, 1.82) is 0 Å². The molecule has 2 aromatic carbocycles. The molecule has 8 heteroatoms. The summed E-state index contributed by atoms with van der Waals surface area (Å²) in [4.78, 5) is 23.6. The summed E-state index contributed by atoms with van der Waals surface area (Å²) in [5.41, 5.74) is 1.29. The fourth-order valence-corrected chi connectivity index (χ4v) is 2.85. The molecule has 0 aliphatic heterocycles. The van der Waals surface area contributed by atoms with Crippen LogP contribution in [0.3, 0.4) is 0 Å². The lowest BCUT2D eigenvalue weighted by Gasteiger charge is -2.09. The minimum Gasteiger partial charge on any atom is -0.481 e. The second-order valence-electron chi connectivity index (χ2n) is 5.31. The Balaban J connectivity index is 1.92. The molecule has 3 aromatic rings. The highest BCUT2D eigenvalue weighted by molar-refractivity contribution is 9.10. The summed E-state index contributed by atoms with van der Waals surface area (Å²) in [6.45, 7) is -0.538. The summed E-state index contributed by atoms with van der Waals surface area (Å²) >= 11 is 9.29. The molecule has 0 saturated carbocycles. The van der Waals surface area contributed by atoms with Crippen molar-refractivity contribution in [2.45, 2.75) is 0 Å². The molecular weight excluding hydrogens is 424 g/mol. The van der Waals surface area contributed by atoms with Crippen LogP contribution in [-0.4, -0.2) is 33.2 Å². The van der Waals surface area contributed by atoms with Gasteiger partial charge in [0.2, 0.25) is 0 Å². The average molecular weight is 436 g/mol. The molecule has 132 valence electrons. The number of rotatable bonds is 6. The molecule has 0 aliphatic rings. The van der Waals surface area contributed by atoms with Gasteiger partial charge < -0.3 is 9.84 Å². The number of carboxylic acids is 1. The molecule has 0 saturated heterocycles. The number of carbonyl (C=O) groups is 2. The number of aromatic nitrogens is 2. The second kappa shape index (κ2) is 7.72. The Morgan fingerprint density at radius 2 is 2.04 bits per heavy atom. The Kier molecular flexibility index (Phi) is 5.39. The summed E-state index contributed by atoms with van der Waals surface area (Å²) in [6, 6.07) is 11.9. The van der Waals surface area contributed by atoms with E-state index >= 15 is 0 Å². The van der Waals surface area contributed by atoms with Crippen LogP contribution in [0, 0.1) is 0 Å². The largest absolute Gasteiger partial charge is 0.481 e. The first-order chi connectivity index (χ1) is 12.4. The summed E-state index contributed by atoms with van der Waals surface area (Å²) in [5.74, 6) is -1.27. The van der Waals surface area contributed by atoms with Crippen LogP contribution in [0.2, 0.25) is 5.02 Å². The molecule has 0 spiro atoms. The van der Waals surface area contributed by atoms with Crippen molar-refractivity contribution in [3.63, 3.8) is 0 Å². The van der Waals surface area contributed by atoms with Gasteiger partial charge >= 0.3 is 5.97 Å². The molecule has 0 aliphatic carbocycles. The quantitative estimate of drug-likeness (QED) is 0.592. The summed E-state index contributed by atoms with van der Waals surface area (Å²) in [7, 11) is 0. The van der Waals surface area contributed by atoms with Gasteiger partial charge in [0.25, 0.3) is 0 Å². The standard InChI is InChI=1S/C18H12BrClN2O4/c19-12-4-5-16(26-10-17(23)24)15(6-12)18(25)11-8-21-22(9-11)14-3-1-2-13(20)7-14/h1-9H,10H2,(H,23,24). The highest BCUT2D eigenvalue weighted by Gasteiger charge is 2.18. The molecule has 3 rings (SSSR count). The predicted molar refractivity (Wildman–Crippen MR) is 99.3 cm³/mol. The fraction of sp³-hybridized carbons (Fsp3) is 0.0556. The molecule has 1 aromatic heterocycles. The van der Waals surface area contributed by atoms with Crippen LogP contribution in [0.1, 0.15) is 15.9 Å². The number of ketones is 1. The Morgan fingerprint density at radius 3 is 2.77 bits per heavy atom. The number of halogens is 2. The van der Waals surface area contributed by atoms with Crippen molar-refractivity contribution in [3.05, 3.63) is 75.5 Å². The van der Waals surface area contributed by atoms with Crippen LogP contribution in [-0.2, 0) is 4.79 Å². The molecule has 6 nitrogen and oxygen atoms in total. The van der Waals surface area contributed by atoms with Gasteiger partial charge in [0.05, 0.1) is 23.0 Å². The predicted octanol–water partition coefficient (Wildman–Crippen LogP) is 3.98. The van der Waals surface area contributed by atoms with E-state index in [2.05, 4.69) is 21.0 Å². The summed E-state index contributed by atoms with van der Waals surface area (Å²) in [5, 5.41) is 13.5. The number of ether oxygens (including phenoxy) is 1. The van der Waals surface area contributed by atoms with E-state index in [9.17, 15) is 9.59 Å². The maximum absolute atomic E-state index is 12.8. The van der Waals surface area contributed by atoms with Gasteiger partial charge in [0, 0.05) is 15.7 Å². The number of benzene rings is 2. The van der Waals surface area contributed by atoms with Gasteiger partial charge in [-0.05, 0) is 36.4 Å². The zero-order chi connectivity index (χ0) is 18.7. The van der Waals surface area contributed by atoms with Gasteiger partial charge in [-0.15, -0.1) is 0 Å². The van der Waals surface area contributed by atoms with Crippen molar-refractivity contribution in [3.8, 4) is 11.4 Å². The van der Waals surface area contributed by atoms with E-state index in [1.807, 2.05) is 6.07 Å². The maximum atomic E-state index is 12.8. The zero-order valence-corrected chi connectivity index (χ0v) is 15.6. The van der Waals surface area contributed by atoms with Crippen LogP contribution in [0.5, 0.6) is 5.75 Å². The van der Waals surface area contributed by atoms with Gasteiger partial charge in [-0.3, -0.25) is 4.79 Å². The van der Waals surface area contributed by atoms with Crippen molar-refractivity contribution in [1.82, 2.24) is 9.78 Å². The third-order valence-corrected chi connectivity index (χ3v) is 4.18. The normalized spacial score (nSPS) is 10.5. The van der Waals surface area contributed by atoms with Gasteiger partial charge in [-0.2, -0.15) is 5.10 Å². The van der Waals surface area contributed by atoms with Crippen molar-refractivity contribution in [2.24, 2.45) is 0 Å². The molecule has 0 bridgehead atoms. The van der Waals surface area contributed by atoms with E-state index in [-0.39, 0.29) is 17.1 Å². The zero-order valence-electron chi connectivity index (χ0n) is 13.2. The minimum absolute atomic E-state index is 0.191. The van der Waals surface area contributed by atoms with E-state index in [0.29, 0.717) is 20.7 Å². The molecule has 0 amide bonds. The molecule has 26 heavy (non-hydrogen) atoms. The molecule has 1 heterocycles. The molecule has 0 unspecified atom stereocenters. The number of carboxylic acid groups (broad SMARTS) is 1. The number of carbonyl (C=O) groups excluding carboxylic acids is 1.